The van der Waals surface area contributed by atoms with Crippen molar-refractivity contribution < 1.29 is 8.78 Å². The van der Waals surface area contributed by atoms with E-state index in [9.17, 15) is 8.78 Å². The van der Waals surface area contributed by atoms with Crippen LogP contribution in [0.2, 0.25) is 0 Å². The molecule has 1 unspecified atom stereocenters. The molecule has 0 spiro atoms. The van der Waals surface area contributed by atoms with Crippen LogP contribution in [0.3, 0.4) is 0 Å². The Hall–Kier alpha value is -1.74. The minimum absolute atomic E-state index is 0.335. The fourth-order valence-corrected chi connectivity index (χ4v) is 2.88. The predicted octanol–water partition coefficient (Wildman–Crippen LogP) is 3.89. The molecule has 104 valence electrons. The molecule has 2 N–H and O–H groups in total. The molecule has 3 heteroatoms. The van der Waals surface area contributed by atoms with Crippen molar-refractivity contribution in [1.82, 2.24) is 0 Å². The number of halogens is 2. The molecule has 0 bridgehead atoms. The highest BCUT2D eigenvalue weighted by Crippen LogP contribution is 2.28. The van der Waals surface area contributed by atoms with Crippen molar-refractivity contribution in [3.8, 4) is 0 Å². The monoisotopic (exact) mass is 273 g/mol. The summed E-state index contributed by atoms with van der Waals surface area (Å²) in [7, 11) is 0. The molecule has 0 saturated carbocycles. The van der Waals surface area contributed by atoms with Crippen LogP contribution in [0.25, 0.3) is 0 Å². The van der Waals surface area contributed by atoms with Gasteiger partial charge in [-0.1, -0.05) is 24.3 Å². The third-order valence-corrected chi connectivity index (χ3v) is 4.03. The molecule has 1 aliphatic rings. The number of benzene rings is 2. The second-order valence-electron chi connectivity index (χ2n) is 5.38. The fraction of sp³-hybridized carbons (Fsp3) is 0.294. The standard InChI is InChI=1S/C17H17F2N/c18-14-7-8-15(16(19)10-14)17(20)13-6-5-11-3-1-2-4-12(11)9-13/h5-10,17H,1-4,20H2. The maximum atomic E-state index is 13.8. The first-order chi connectivity index (χ1) is 9.65. The highest BCUT2D eigenvalue weighted by Gasteiger charge is 2.17. The van der Waals surface area contributed by atoms with Crippen molar-refractivity contribution in [2.45, 2.75) is 31.7 Å². The van der Waals surface area contributed by atoms with E-state index in [0.717, 1.165) is 24.5 Å². The highest BCUT2D eigenvalue weighted by atomic mass is 19.1. The Morgan fingerprint density at radius 2 is 1.65 bits per heavy atom. The summed E-state index contributed by atoms with van der Waals surface area (Å²) in [5, 5.41) is 0. The van der Waals surface area contributed by atoms with Gasteiger partial charge in [-0.05, 0) is 48.4 Å². The molecule has 1 atom stereocenters. The van der Waals surface area contributed by atoms with Crippen molar-refractivity contribution in [3.63, 3.8) is 0 Å². The van der Waals surface area contributed by atoms with Gasteiger partial charge in [0.1, 0.15) is 11.6 Å². The average Bonchev–Trinajstić information content (AvgIpc) is 2.46. The molecule has 2 aromatic carbocycles. The van der Waals surface area contributed by atoms with Gasteiger partial charge in [0, 0.05) is 11.6 Å². The van der Waals surface area contributed by atoms with Crippen molar-refractivity contribution in [2.24, 2.45) is 5.73 Å². The average molecular weight is 273 g/mol. The third kappa shape index (κ3) is 2.46. The van der Waals surface area contributed by atoms with E-state index in [1.54, 1.807) is 0 Å². The molecule has 0 radical (unpaired) electrons. The van der Waals surface area contributed by atoms with Crippen molar-refractivity contribution in [1.29, 1.82) is 0 Å². The van der Waals surface area contributed by atoms with E-state index >= 15 is 0 Å². The maximum Gasteiger partial charge on any atom is 0.131 e. The van der Waals surface area contributed by atoms with Gasteiger partial charge in [-0.3, -0.25) is 0 Å². The van der Waals surface area contributed by atoms with Gasteiger partial charge in [-0.15, -0.1) is 0 Å². The largest absolute Gasteiger partial charge is 0.320 e. The SMILES string of the molecule is NC(c1ccc2c(c1)CCCC2)c1ccc(F)cc1F. The molecule has 3 rings (SSSR count). The van der Waals surface area contributed by atoms with Crippen LogP contribution in [0.4, 0.5) is 8.78 Å². The van der Waals surface area contributed by atoms with Gasteiger partial charge >= 0.3 is 0 Å². The molecule has 0 heterocycles. The summed E-state index contributed by atoms with van der Waals surface area (Å²) < 4.78 is 26.8. The number of hydrogen-bond acceptors (Lipinski definition) is 1. The molecule has 2 aromatic rings. The molecule has 0 amide bonds. The molecule has 0 aliphatic heterocycles. The molecule has 0 saturated heterocycles. The first-order valence-corrected chi connectivity index (χ1v) is 6.97. The summed E-state index contributed by atoms with van der Waals surface area (Å²) >= 11 is 0. The molecular formula is C17H17F2N. The first kappa shape index (κ1) is 13.3. The summed E-state index contributed by atoms with van der Waals surface area (Å²) in [4.78, 5) is 0. The maximum absolute atomic E-state index is 13.8. The van der Waals surface area contributed by atoms with Crippen LogP contribution in [-0.2, 0) is 12.8 Å². The van der Waals surface area contributed by atoms with Crippen molar-refractivity contribution >= 4 is 0 Å². The van der Waals surface area contributed by atoms with E-state index in [1.807, 2.05) is 6.07 Å². The lowest BCUT2D eigenvalue weighted by molar-refractivity contribution is 0.565. The van der Waals surface area contributed by atoms with Crippen LogP contribution < -0.4 is 5.73 Å². The molecule has 20 heavy (non-hydrogen) atoms. The van der Waals surface area contributed by atoms with Crippen LogP contribution in [-0.4, -0.2) is 0 Å². The summed E-state index contributed by atoms with van der Waals surface area (Å²) in [6.45, 7) is 0. The lowest BCUT2D eigenvalue weighted by Crippen LogP contribution is -2.15. The number of fused-ring (bicyclic) bond motifs is 1. The van der Waals surface area contributed by atoms with Crippen molar-refractivity contribution in [3.05, 3.63) is 70.3 Å². The van der Waals surface area contributed by atoms with Gasteiger partial charge < -0.3 is 5.73 Å². The van der Waals surface area contributed by atoms with Crippen LogP contribution in [0, 0.1) is 11.6 Å². The Balaban J connectivity index is 1.95. The van der Waals surface area contributed by atoms with E-state index < -0.39 is 17.7 Å². The lowest BCUT2D eigenvalue weighted by Gasteiger charge is -2.19. The predicted molar refractivity (Wildman–Crippen MR) is 75.5 cm³/mol. The van der Waals surface area contributed by atoms with Crippen LogP contribution >= 0.6 is 0 Å². The van der Waals surface area contributed by atoms with Gasteiger partial charge in [-0.2, -0.15) is 0 Å². The fourth-order valence-electron chi connectivity index (χ4n) is 2.88. The van der Waals surface area contributed by atoms with Crippen LogP contribution in [0.5, 0.6) is 0 Å². The van der Waals surface area contributed by atoms with E-state index in [0.29, 0.717) is 5.56 Å². The first-order valence-electron chi connectivity index (χ1n) is 6.97. The number of aryl methyl sites for hydroxylation is 2. The Morgan fingerprint density at radius 3 is 2.40 bits per heavy atom. The Labute approximate surface area is 117 Å². The van der Waals surface area contributed by atoms with E-state index in [2.05, 4.69) is 12.1 Å². The Morgan fingerprint density at radius 1 is 0.900 bits per heavy atom. The number of nitrogens with two attached hydrogens (primary N) is 1. The lowest BCUT2D eigenvalue weighted by atomic mass is 9.88. The highest BCUT2D eigenvalue weighted by molar-refractivity contribution is 5.39. The van der Waals surface area contributed by atoms with Gasteiger partial charge in [-0.25, -0.2) is 8.78 Å². The summed E-state index contributed by atoms with van der Waals surface area (Å²) in [5.74, 6) is -1.17. The summed E-state index contributed by atoms with van der Waals surface area (Å²) in [6, 6.07) is 9.12. The zero-order chi connectivity index (χ0) is 14.1. The molecule has 0 aromatic heterocycles. The normalized spacial score (nSPS) is 15.8. The minimum atomic E-state index is -0.588. The second-order valence-corrected chi connectivity index (χ2v) is 5.38. The van der Waals surface area contributed by atoms with Crippen LogP contribution in [0.1, 0.15) is 41.1 Å². The smallest absolute Gasteiger partial charge is 0.131 e. The third-order valence-electron chi connectivity index (χ3n) is 4.03. The number of rotatable bonds is 2. The molecular weight excluding hydrogens is 256 g/mol. The van der Waals surface area contributed by atoms with Crippen LogP contribution in [0.15, 0.2) is 36.4 Å². The van der Waals surface area contributed by atoms with Gasteiger partial charge in [0.05, 0.1) is 6.04 Å². The minimum Gasteiger partial charge on any atom is -0.320 e. The van der Waals surface area contributed by atoms with E-state index in [-0.39, 0.29) is 0 Å². The molecule has 0 fully saturated rings. The quantitative estimate of drug-likeness (QED) is 0.882. The van der Waals surface area contributed by atoms with Crippen molar-refractivity contribution in [2.75, 3.05) is 0 Å². The van der Waals surface area contributed by atoms with E-state index in [4.69, 9.17) is 5.73 Å². The summed E-state index contributed by atoms with van der Waals surface area (Å²) in [5.41, 5.74) is 10.0. The number of hydrogen-bond donors (Lipinski definition) is 1. The molecule has 1 aliphatic carbocycles. The second kappa shape index (κ2) is 5.33. The van der Waals surface area contributed by atoms with Gasteiger partial charge in [0.2, 0.25) is 0 Å². The van der Waals surface area contributed by atoms with E-state index in [1.165, 1.54) is 36.1 Å². The Kier molecular flexibility index (Phi) is 3.53. The summed E-state index contributed by atoms with van der Waals surface area (Å²) in [6.07, 6.45) is 4.58. The van der Waals surface area contributed by atoms with Gasteiger partial charge in [0.25, 0.3) is 0 Å². The topological polar surface area (TPSA) is 26.0 Å². The Bertz CT molecular complexity index is 637. The zero-order valence-corrected chi connectivity index (χ0v) is 11.2. The zero-order valence-electron chi connectivity index (χ0n) is 11.2. The van der Waals surface area contributed by atoms with Gasteiger partial charge in [0.15, 0.2) is 0 Å². The molecule has 1 nitrogen and oxygen atoms in total.